The van der Waals surface area contributed by atoms with Crippen molar-refractivity contribution >= 4 is 21.6 Å². The minimum Gasteiger partial charge on any atom is -0.324 e. The van der Waals surface area contributed by atoms with Gasteiger partial charge in [0.25, 0.3) is 5.91 Å². The van der Waals surface area contributed by atoms with Crippen molar-refractivity contribution in [1.82, 2.24) is 4.31 Å². The summed E-state index contributed by atoms with van der Waals surface area (Å²) in [5, 5.41) is 2.87. The summed E-state index contributed by atoms with van der Waals surface area (Å²) in [6, 6.07) is 16.7. The molecule has 1 unspecified atom stereocenters. The molecule has 29 heavy (non-hydrogen) atoms. The van der Waals surface area contributed by atoms with Crippen molar-refractivity contribution in [2.45, 2.75) is 37.6 Å². The molecule has 0 aliphatic carbocycles. The summed E-state index contributed by atoms with van der Waals surface area (Å²) in [7, 11) is -3.51. The molecule has 7 heteroatoms. The van der Waals surface area contributed by atoms with E-state index in [2.05, 4.69) is 24.4 Å². The summed E-state index contributed by atoms with van der Waals surface area (Å²) in [4.78, 5) is 13.9. The van der Waals surface area contributed by atoms with Gasteiger partial charge in [0.15, 0.2) is 6.54 Å². The van der Waals surface area contributed by atoms with Crippen LogP contribution in [0.3, 0.4) is 0 Å². The molecule has 1 saturated heterocycles. The Morgan fingerprint density at radius 2 is 1.76 bits per heavy atom. The quantitative estimate of drug-likeness (QED) is 0.691. The molecule has 2 aromatic rings. The van der Waals surface area contributed by atoms with Gasteiger partial charge in [-0.05, 0) is 38.0 Å². The van der Waals surface area contributed by atoms with Gasteiger partial charge in [-0.3, -0.25) is 4.79 Å². The zero-order valence-corrected chi connectivity index (χ0v) is 17.7. The van der Waals surface area contributed by atoms with Crippen LogP contribution < -0.4 is 10.2 Å². The smallest absolute Gasteiger partial charge is 0.279 e. The summed E-state index contributed by atoms with van der Waals surface area (Å²) < 4.78 is 27.3. The van der Waals surface area contributed by atoms with Gasteiger partial charge in [-0.1, -0.05) is 42.8 Å². The number of likely N-dealkylation sites (N-methyl/N-ethyl adjacent to an activating group) is 1. The summed E-state index contributed by atoms with van der Waals surface area (Å²) in [6.07, 6.45) is 2.86. The molecule has 0 aromatic heterocycles. The molecule has 156 valence electrons. The predicted octanol–water partition coefficient (Wildman–Crippen LogP) is 1.90. The first-order valence-electron chi connectivity index (χ1n) is 10.3. The van der Waals surface area contributed by atoms with Gasteiger partial charge in [0, 0.05) is 24.3 Å². The van der Waals surface area contributed by atoms with Gasteiger partial charge in [0.05, 0.1) is 11.4 Å². The molecule has 1 atom stereocenters. The summed E-state index contributed by atoms with van der Waals surface area (Å²) in [5.74, 6) is -0.120. The van der Waals surface area contributed by atoms with Crippen LogP contribution in [0.15, 0.2) is 59.5 Å². The molecule has 1 aliphatic heterocycles. The predicted molar refractivity (Wildman–Crippen MR) is 114 cm³/mol. The monoisotopic (exact) mass is 416 g/mol. The fourth-order valence-corrected chi connectivity index (χ4v) is 5.18. The third kappa shape index (κ3) is 5.88. The number of nitrogens with one attached hydrogen (secondary N) is 2. The number of quaternary nitrogens is 1. The van der Waals surface area contributed by atoms with E-state index in [0.717, 1.165) is 37.3 Å². The number of nitrogens with zero attached hydrogens (tertiary/aromatic N) is 1. The molecule has 1 fully saturated rings. The fraction of sp³-hybridized carbons (Fsp3) is 0.409. The van der Waals surface area contributed by atoms with Gasteiger partial charge in [-0.25, -0.2) is 8.42 Å². The fourth-order valence-electron chi connectivity index (χ4n) is 3.62. The lowest BCUT2D eigenvalue weighted by atomic mass is 10.2. The van der Waals surface area contributed by atoms with E-state index in [0.29, 0.717) is 25.3 Å². The van der Waals surface area contributed by atoms with Crippen LogP contribution in [0.4, 0.5) is 5.69 Å². The Bertz CT molecular complexity index is 910. The van der Waals surface area contributed by atoms with Crippen LogP contribution in [0.5, 0.6) is 0 Å². The minimum atomic E-state index is -3.51. The number of benzene rings is 2. The maximum absolute atomic E-state index is 12.9. The summed E-state index contributed by atoms with van der Waals surface area (Å²) >= 11 is 0. The maximum Gasteiger partial charge on any atom is 0.279 e. The minimum absolute atomic E-state index is 0.120. The van der Waals surface area contributed by atoms with E-state index in [4.69, 9.17) is 0 Å². The Morgan fingerprint density at radius 1 is 1.03 bits per heavy atom. The second kappa shape index (κ2) is 10.0. The molecule has 0 bridgehead atoms. The van der Waals surface area contributed by atoms with E-state index in [1.54, 1.807) is 28.6 Å². The first-order valence-corrected chi connectivity index (χ1v) is 11.7. The van der Waals surface area contributed by atoms with Crippen molar-refractivity contribution in [1.29, 1.82) is 0 Å². The molecule has 0 saturated carbocycles. The second-order valence-corrected chi connectivity index (χ2v) is 9.42. The van der Waals surface area contributed by atoms with Gasteiger partial charge in [0.2, 0.25) is 10.0 Å². The molecule has 6 nitrogen and oxygen atoms in total. The van der Waals surface area contributed by atoms with E-state index < -0.39 is 10.0 Å². The maximum atomic E-state index is 12.9. The van der Waals surface area contributed by atoms with E-state index in [9.17, 15) is 13.2 Å². The molecule has 3 rings (SSSR count). The van der Waals surface area contributed by atoms with Crippen LogP contribution in [-0.4, -0.2) is 44.8 Å². The van der Waals surface area contributed by atoms with Crippen molar-refractivity contribution < 1.29 is 18.1 Å². The van der Waals surface area contributed by atoms with E-state index in [-0.39, 0.29) is 10.8 Å². The summed E-state index contributed by atoms with van der Waals surface area (Å²) in [6.45, 7) is 5.10. The Hall–Kier alpha value is -2.22. The lowest BCUT2D eigenvalue weighted by Gasteiger charge is -2.26. The Kier molecular flexibility index (Phi) is 7.41. The lowest BCUT2D eigenvalue weighted by molar-refractivity contribution is -0.903. The first kappa shape index (κ1) is 21.5. The van der Waals surface area contributed by atoms with E-state index in [1.807, 2.05) is 18.2 Å². The zero-order valence-electron chi connectivity index (χ0n) is 16.9. The van der Waals surface area contributed by atoms with Crippen LogP contribution >= 0.6 is 0 Å². The number of sulfonamides is 1. The second-order valence-electron chi connectivity index (χ2n) is 7.48. The molecular weight excluding hydrogens is 386 g/mol. The Labute approximate surface area is 173 Å². The van der Waals surface area contributed by atoms with Crippen molar-refractivity contribution in [3.8, 4) is 0 Å². The third-order valence-electron chi connectivity index (χ3n) is 5.28. The average molecular weight is 417 g/mol. The van der Waals surface area contributed by atoms with Crippen LogP contribution in [0.2, 0.25) is 0 Å². The molecule has 2 N–H and O–H groups in total. The average Bonchev–Trinajstić information content (AvgIpc) is 2.74. The number of amides is 1. The Balaban J connectivity index is 1.63. The largest absolute Gasteiger partial charge is 0.324 e. The third-order valence-corrected chi connectivity index (χ3v) is 7.17. The highest BCUT2D eigenvalue weighted by atomic mass is 32.2. The van der Waals surface area contributed by atoms with Crippen molar-refractivity contribution in [3.05, 3.63) is 60.2 Å². The first-order chi connectivity index (χ1) is 14.0. The van der Waals surface area contributed by atoms with Gasteiger partial charge in [-0.15, -0.1) is 0 Å². The number of carbonyl (C=O) groups excluding carboxylic acids is 1. The number of anilines is 1. The molecular formula is C22H30N3O3S+. The van der Waals surface area contributed by atoms with Crippen molar-refractivity contribution in [2.75, 3.05) is 31.5 Å². The highest BCUT2D eigenvalue weighted by molar-refractivity contribution is 7.89. The van der Waals surface area contributed by atoms with Crippen molar-refractivity contribution in [3.63, 3.8) is 0 Å². The molecule has 0 radical (unpaired) electrons. The van der Waals surface area contributed by atoms with E-state index >= 15 is 0 Å². The number of hydrogen-bond acceptors (Lipinski definition) is 3. The summed E-state index contributed by atoms with van der Waals surface area (Å²) in [5.41, 5.74) is 1.70. The zero-order chi connectivity index (χ0) is 20.7. The molecule has 1 heterocycles. The molecule has 1 aliphatic rings. The van der Waals surface area contributed by atoms with Crippen LogP contribution in [0, 0.1) is 0 Å². The number of rotatable bonds is 8. The molecule has 1 amide bonds. The van der Waals surface area contributed by atoms with E-state index in [1.165, 1.54) is 5.56 Å². The normalized spacial score (nSPS) is 16.3. The van der Waals surface area contributed by atoms with Crippen LogP contribution in [0.25, 0.3) is 0 Å². The topological polar surface area (TPSA) is 70.9 Å². The standard InChI is InChI=1S/C22H29N3O3S/c1-2-24(17-19-10-5-3-6-11-19)18-22(26)23-20-12-9-13-21(16-20)29(27,28)25-14-7-4-8-15-25/h3,5-6,9-13,16H,2,4,7-8,14-15,17-18H2,1H3,(H,23,26)/p+1. The number of carbonyl (C=O) groups is 1. The Morgan fingerprint density at radius 3 is 2.45 bits per heavy atom. The van der Waals surface area contributed by atoms with Gasteiger partial charge in [-0.2, -0.15) is 4.31 Å². The highest BCUT2D eigenvalue weighted by Crippen LogP contribution is 2.22. The van der Waals surface area contributed by atoms with Gasteiger partial charge in [0.1, 0.15) is 6.54 Å². The van der Waals surface area contributed by atoms with Gasteiger partial charge < -0.3 is 10.2 Å². The molecule has 0 spiro atoms. The number of piperidine rings is 1. The van der Waals surface area contributed by atoms with Crippen LogP contribution in [0.1, 0.15) is 31.7 Å². The number of hydrogen-bond donors (Lipinski definition) is 2. The van der Waals surface area contributed by atoms with Crippen LogP contribution in [-0.2, 0) is 21.4 Å². The lowest BCUT2D eigenvalue weighted by Crippen LogP contribution is -3.11. The SMILES string of the molecule is CC[NH+](CC(=O)Nc1cccc(S(=O)(=O)N2CCCCC2)c1)Cc1ccccc1. The van der Waals surface area contributed by atoms with Crippen molar-refractivity contribution in [2.24, 2.45) is 0 Å². The van der Waals surface area contributed by atoms with Gasteiger partial charge >= 0.3 is 0 Å². The highest BCUT2D eigenvalue weighted by Gasteiger charge is 2.26. The molecule has 2 aromatic carbocycles.